The Kier molecular flexibility index (Phi) is 3.08. The second-order valence-electron chi connectivity index (χ2n) is 3.10. The second kappa shape index (κ2) is 4.70. The van der Waals surface area contributed by atoms with E-state index in [0.29, 0.717) is 5.65 Å². The Labute approximate surface area is 87.5 Å². The Bertz CT molecular complexity index is 423. The first-order chi connectivity index (χ1) is 7.42. The van der Waals surface area contributed by atoms with Crippen LogP contribution in [-0.4, -0.2) is 39.6 Å². The van der Waals surface area contributed by atoms with Gasteiger partial charge in [0.15, 0.2) is 11.5 Å². The Hall–Kier alpha value is -1.69. The number of nitrogens with zero attached hydrogens (tertiary/aromatic N) is 3. The van der Waals surface area contributed by atoms with E-state index in [0.717, 1.165) is 31.0 Å². The molecule has 0 saturated carbocycles. The Morgan fingerprint density at radius 2 is 2.20 bits per heavy atom. The zero-order valence-corrected chi connectivity index (χ0v) is 8.62. The highest BCUT2D eigenvalue weighted by atomic mass is 15.1. The summed E-state index contributed by atoms with van der Waals surface area (Å²) in [7, 11) is 0. The molecule has 2 aromatic rings. The van der Waals surface area contributed by atoms with Crippen LogP contribution in [0.1, 0.15) is 6.92 Å². The van der Waals surface area contributed by atoms with Crippen LogP contribution in [0.4, 0.5) is 5.82 Å². The fraction of sp³-hybridized carbons (Fsp3) is 0.444. The number of nitrogens with one attached hydrogen (secondary N) is 3. The lowest BCUT2D eigenvalue weighted by molar-refractivity contribution is 0.738. The first-order valence-electron chi connectivity index (χ1n) is 5.00. The molecule has 80 valence electrons. The van der Waals surface area contributed by atoms with Gasteiger partial charge >= 0.3 is 0 Å². The lowest BCUT2D eigenvalue weighted by Crippen LogP contribution is -2.22. The molecule has 0 saturated heterocycles. The van der Waals surface area contributed by atoms with E-state index in [1.165, 1.54) is 6.33 Å². The molecule has 0 aromatic carbocycles. The number of aromatic amines is 1. The van der Waals surface area contributed by atoms with Crippen molar-refractivity contribution >= 4 is 17.0 Å². The quantitative estimate of drug-likeness (QED) is 0.616. The lowest BCUT2D eigenvalue weighted by Gasteiger charge is -2.05. The molecule has 0 fully saturated rings. The van der Waals surface area contributed by atoms with Gasteiger partial charge in [-0.2, -0.15) is 0 Å². The molecule has 0 bridgehead atoms. The van der Waals surface area contributed by atoms with Crippen LogP contribution >= 0.6 is 0 Å². The zero-order valence-electron chi connectivity index (χ0n) is 8.62. The maximum Gasteiger partial charge on any atom is 0.182 e. The van der Waals surface area contributed by atoms with Crippen molar-refractivity contribution in [2.24, 2.45) is 0 Å². The molecule has 15 heavy (non-hydrogen) atoms. The zero-order chi connectivity index (χ0) is 10.5. The number of imidazole rings is 1. The van der Waals surface area contributed by atoms with Crippen molar-refractivity contribution in [2.75, 3.05) is 25.0 Å². The van der Waals surface area contributed by atoms with Gasteiger partial charge in [0, 0.05) is 13.1 Å². The summed E-state index contributed by atoms with van der Waals surface area (Å²) in [5.41, 5.74) is 1.55. The van der Waals surface area contributed by atoms with Gasteiger partial charge in [0.2, 0.25) is 0 Å². The highest BCUT2D eigenvalue weighted by Crippen LogP contribution is 2.13. The van der Waals surface area contributed by atoms with Gasteiger partial charge < -0.3 is 15.6 Å². The minimum Gasteiger partial charge on any atom is -0.367 e. The molecular weight excluding hydrogens is 192 g/mol. The van der Waals surface area contributed by atoms with Crippen LogP contribution in [0.15, 0.2) is 12.7 Å². The summed E-state index contributed by atoms with van der Waals surface area (Å²) in [5.74, 6) is 0.801. The van der Waals surface area contributed by atoms with Gasteiger partial charge in [-0.1, -0.05) is 6.92 Å². The Balaban J connectivity index is 2.04. The van der Waals surface area contributed by atoms with Crippen LogP contribution in [0.2, 0.25) is 0 Å². The van der Waals surface area contributed by atoms with Crippen molar-refractivity contribution in [1.29, 1.82) is 0 Å². The predicted molar refractivity (Wildman–Crippen MR) is 58.7 cm³/mol. The van der Waals surface area contributed by atoms with E-state index in [9.17, 15) is 0 Å². The summed E-state index contributed by atoms with van der Waals surface area (Å²) >= 11 is 0. The smallest absolute Gasteiger partial charge is 0.182 e. The van der Waals surface area contributed by atoms with Gasteiger partial charge in [-0.3, -0.25) is 0 Å². The summed E-state index contributed by atoms with van der Waals surface area (Å²) in [4.78, 5) is 15.3. The maximum atomic E-state index is 4.16. The summed E-state index contributed by atoms with van der Waals surface area (Å²) in [6.45, 7) is 4.80. The van der Waals surface area contributed by atoms with Gasteiger partial charge in [0.1, 0.15) is 11.8 Å². The molecule has 0 spiro atoms. The van der Waals surface area contributed by atoms with Crippen molar-refractivity contribution in [1.82, 2.24) is 25.3 Å². The monoisotopic (exact) mass is 206 g/mol. The Morgan fingerprint density at radius 1 is 1.27 bits per heavy atom. The van der Waals surface area contributed by atoms with Gasteiger partial charge in [-0.15, -0.1) is 0 Å². The van der Waals surface area contributed by atoms with Crippen LogP contribution in [-0.2, 0) is 0 Å². The first-order valence-corrected chi connectivity index (χ1v) is 5.00. The lowest BCUT2D eigenvalue weighted by atomic mass is 10.4. The average Bonchev–Trinajstić information content (AvgIpc) is 2.73. The highest BCUT2D eigenvalue weighted by Gasteiger charge is 2.03. The molecule has 0 radical (unpaired) electrons. The fourth-order valence-electron chi connectivity index (χ4n) is 1.35. The third kappa shape index (κ3) is 2.21. The normalized spacial score (nSPS) is 10.7. The molecule has 0 aliphatic carbocycles. The molecule has 0 unspecified atom stereocenters. The molecule has 2 heterocycles. The SMILES string of the molecule is CCNCCNc1ncnc2nc[nH]c12. The summed E-state index contributed by atoms with van der Waals surface area (Å²) in [6, 6.07) is 0. The number of hydrogen-bond donors (Lipinski definition) is 3. The fourth-order valence-corrected chi connectivity index (χ4v) is 1.35. The van der Waals surface area contributed by atoms with Crippen LogP contribution < -0.4 is 10.6 Å². The van der Waals surface area contributed by atoms with Gasteiger partial charge in [0.05, 0.1) is 6.33 Å². The number of fused-ring (bicyclic) bond motifs is 1. The van der Waals surface area contributed by atoms with Crippen molar-refractivity contribution < 1.29 is 0 Å². The maximum absolute atomic E-state index is 4.16. The summed E-state index contributed by atoms with van der Waals surface area (Å²) in [6.07, 6.45) is 3.13. The van der Waals surface area contributed by atoms with Crippen LogP contribution in [0.5, 0.6) is 0 Å². The highest BCUT2D eigenvalue weighted by molar-refractivity contribution is 5.81. The van der Waals surface area contributed by atoms with Crippen molar-refractivity contribution in [3.8, 4) is 0 Å². The molecule has 6 nitrogen and oxygen atoms in total. The number of aromatic nitrogens is 4. The number of anilines is 1. The van der Waals surface area contributed by atoms with Crippen LogP contribution in [0.3, 0.4) is 0 Å². The standard InChI is InChI=1S/C9H14N6/c1-2-10-3-4-11-8-7-9(13-5-12-7)15-6-14-8/h5-6,10H,2-4H2,1H3,(H2,11,12,13,14,15). The van der Waals surface area contributed by atoms with Crippen LogP contribution in [0, 0.1) is 0 Å². The number of H-pyrrole nitrogens is 1. The van der Waals surface area contributed by atoms with E-state index in [2.05, 4.69) is 37.5 Å². The van der Waals surface area contributed by atoms with Crippen molar-refractivity contribution in [3.63, 3.8) is 0 Å². The molecule has 2 rings (SSSR count). The van der Waals surface area contributed by atoms with E-state index >= 15 is 0 Å². The van der Waals surface area contributed by atoms with E-state index in [-0.39, 0.29) is 0 Å². The minimum absolute atomic E-state index is 0.691. The van der Waals surface area contributed by atoms with E-state index in [1.807, 2.05) is 0 Å². The second-order valence-corrected chi connectivity index (χ2v) is 3.10. The van der Waals surface area contributed by atoms with Crippen molar-refractivity contribution in [3.05, 3.63) is 12.7 Å². The Morgan fingerprint density at radius 3 is 3.07 bits per heavy atom. The third-order valence-electron chi connectivity index (χ3n) is 2.07. The minimum atomic E-state index is 0.691. The van der Waals surface area contributed by atoms with E-state index in [4.69, 9.17) is 0 Å². The number of likely N-dealkylation sites (N-methyl/N-ethyl adjacent to an activating group) is 1. The summed E-state index contributed by atoms with van der Waals surface area (Å²) < 4.78 is 0. The third-order valence-corrected chi connectivity index (χ3v) is 2.07. The molecule has 0 amide bonds. The molecule has 0 aliphatic rings. The van der Waals surface area contributed by atoms with Gasteiger partial charge in [-0.05, 0) is 6.54 Å². The van der Waals surface area contributed by atoms with Crippen molar-refractivity contribution in [2.45, 2.75) is 6.92 Å². The summed E-state index contributed by atoms with van der Waals surface area (Å²) in [5, 5.41) is 6.45. The molecule has 3 N–H and O–H groups in total. The molecule has 2 aromatic heterocycles. The number of rotatable bonds is 5. The molecule has 0 atom stereocenters. The van der Waals surface area contributed by atoms with E-state index in [1.54, 1.807) is 6.33 Å². The largest absolute Gasteiger partial charge is 0.367 e. The number of hydrogen-bond acceptors (Lipinski definition) is 5. The first kappa shape index (κ1) is 9.85. The van der Waals surface area contributed by atoms with Crippen LogP contribution in [0.25, 0.3) is 11.2 Å². The topological polar surface area (TPSA) is 78.5 Å². The molecule has 6 heteroatoms. The van der Waals surface area contributed by atoms with E-state index < -0.39 is 0 Å². The average molecular weight is 206 g/mol. The van der Waals surface area contributed by atoms with Gasteiger partial charge in [-0.25, -0.2) is 15.0 Å². The predicted octanol–water partition coefficient (Wildman–Crippen LogP) is 0.374. The molecule has 0 aliphatic heterocycles. The molecular formula is C9H14N6. The van der Waals surface area contributed by atoms with Gasteiger partial charge in [0.25, 0.3) is 0 Å².